The van der Waals surface area contributed by atoms with Gasteiger partial charge in [0, 0.05) is 9.75 Å². The van der Waals surface area contributed by atoms with E-state index < -0.39 is 11.6 Å². The van der Waals surface area contributed by atoms with Crippen molar-refractivity contribution in [3.63, 3.8) is 0 Å². The Morgan fingerprint density at radius 2 is 1.88 bits per heavy atom. The van der Waals surface area contributed by atoms with Gasteiger partial charge >= 0.3 is 0 Å². The van der Waals surface area contributed by atoms with E-state index in [4.69, 9.17) is 0 Å². The molecule has 0 bridgehead atoms. The highest BCUT2D eigenvalue weighted by molar-refractivity contribution is 9.09. The lowest BCUT2D eigenvalue weighted by molar-refractivity contribution is 0.507. The lowest BCUT2D eigenvalue weighted by Gasteiger charge is -2.08. The molecule has 0 saturated carbocycles. The van der Waals surface area contributed by atoms with Crippen LogP contribution in [0.2, 0.25) is 0 Å². The van der Waals surface area contributed by atoms with E-state index in [1.807, 2.05) is 19.1 Å². The molecule has 1 atom stereocenters. The van der Waals surface area contributed by atoms with Crippen LogP contribution < -0.4 is 0 Å². The number of benzene rings is 1. The number of thiophene rings is 1. The molecule has 2 rings (SSSR count). The molecule has 16 heavy (non-hydrogen) atoms. The predicted octanol–water partition coefficient (Wildman–Crippen LogP) is 4.82. The van der Waals surface area contributed by atoms with Crippen LogP contribution in [0, 0.1) is 18.6 Å². The summed E-state index contributed by atoms with van der Waals surface area (Å²) in [5.74, 6) is -1.62. The van der Waals surface area contributed by atoms with Crippen molar-refractivity contribution in [1.82, 2.24) is 0 Å². The molecule has 0 aliphatic rings. The molecule has 2 aromatic rings. The van der Waals surface area contributed by atoms with Crippen LogP contribution >= 0.6 is 27.3 Å². The molecule has 0 fully saturated rings. The van der Waals surface area contributed by atoms with Crippen molar-refractivity contribution in [3.05, 3.63) is 57.3 Å². The second-order valence-electron chi connectivity index (χ2n) is 3.48. The SMILES string of the molecule is Cc1ccc(C(Br)c2ccc(F)c(F)c2)s1. The van der Waals surface area contributed by atoms with E-state index in [-0.39, 0.29) is 4.83 Å². The molecule has 1 unspecified atom stereocenters. The Hall–Kier alpha value is -0.740. The van der Waals surface area contributed by atoms with Crippen LogP contribution in [0.25, 0.3) is 0 Å². The fourth-order valence-electron chi connectivity index (χ4n) is 1.42. The summed E-state index contributed by atoms with van der Waals surface area (Å²) in [5, 5.41) is 0. The summed E-state index contributed by atoms with van der Waals surface area (Å²) in [7, 11) is 0. The van der Waals surface area contributed by atoms with Crippen molar-refractivity contribution < 1.29 is 8.78 Å². The van der Waals surface area contributed by atoms with Gasteiger partial charge in [0.15, 0.2) is 11.6 Å². The molecule has 1 aromatic carbocycles. The number of hydrogen-bond acceptors (Lipinski definition) is 1. The fourth-order valence-corrected chi connectivity index (χ4v) is 3.03. The van der Waals surface area contributed by atoms with Gasteiger partial charge in [0.25, 0.3) is 0 Å². The molecule has 0 aliphatic carbocycles. The summed E-state index contributed by atoms with van der Waals surface area (Å²) < 4.78 is 25.8. The zero-order chi connectivity index (χ0) is 11.7. The van der Waals surface area contributed by atoms with Gasteiger partial charge in [-0.05, 0) is 36.8 Å². The highest BCUT2D eigenvalue weighted by atomic mass is 79.9. The summed E-state index contributed by atoms with van der Waals surface area (Å²) >= 11 is 5.13. The largest absolute Gasteiger partial charge is 0.204 e. The van der Waals surface area contributed by atoms with Crippen LogP contribution in [0.1, 0.15) is 20.1 Å². The van der Waals surface area contributed by atoms with Crippen molar-refractivity contribution in [2.24, 2.45) is 0 Å². The Labute approximate surface area is 105 Å². The molecular weight excluding hydrogens is 294 g/mol. The topological polar surface area (TPSA) is 0 Å². The highest BCUT2D eigenvalue weighted by Gasteiger charge is 2.14. The predicted molar refractivity (Wildman–Crippen MR) is 66.2 cm³/mol. The van der Waals surface area contributed by atoms with Gasteiger partial charge in [-0.25, -0.2) is 8.78 Å². The van der Waals surface area contributed by atoms with Gasteiger partial charge in [0.05, 0.1) is 4.83 Å². The van der Waals surface area contributed by atoms with Crippen molar-refractivity contribution >= 4 is 27.3 Å². The number of rotatable bonds is 2. The standard InChI is InChI=1S/C12H9BrF2S/c1-7-2-5-11(16-7)12(13)8-3-4-9(14)10(15)6-8/h2-6,12H,1H3. The van der Waals surface area contributed by atoms with Crippen LogP contribution in [0.15, 0.2) is 30.3 Å². The molecule has 0 saturated heterocycles. The number of aryl methyl sites for hydroxylation is 1. The van der Waals surface area contributed by atoms with Crippen LogP contribution in [0.3, 0.4) is 0 Å². The van der Waals surface area contributed by atoms with Gasteiger partial charge < -0.3 is 0 Å². The summed E-state index contributed by atoms with van der Waals surface area (Å²) in [4.78, 5) is 2.20. The molecule has 0 nitrogen and oxygen atoms in total. The minimum absolute atomic E-state index is 0.0821. The van der Waals surface area contributed by atoms with Gasteiger partial charge in [-0.2, -0.15) is 0 Å². The van der Waals surface area contributed by atoms with Crippen LogP contribution in [-0.4, -0.2) is 0 Å². The fraction of sp³-hybridized carbons (Fsp3) is 0.167. The second kappa shape index (κ2) is 4.63. The minimum Gasteiger partial charge on any atom is -0.204 e. The van der Waals surface area contributed by atoms with Gasteiger partial charge in [-0.15, -0.1) is 11.3 Å². The number of halogens is 3. The monoisotopic (exact) mass is 302 g/mol. The van der Waals surface area contributed by atoms with Crippen molar-refractivity contribution in [3.8, 4) is 0 Å². The van der Waals surface area contributed by atoms with Gasteiger partial charge in [0.1, 0.15) is 0 Å². The third-order valence-electron chi connectivity index (χ3n) is 2.25. The van der Waals surface area contributed by atoms with Gasteiger partial charge in [0.2, 0.25) is 0 Å². The summed E-state index contributed by atoms with van der Waals surface area (Å²) in [6, 6.07) is 7.96. The molecule has 1 heterocycles. The smallest absolute Gasteiger partial charge is 0.159 e. The van der Waals surface area contributed by atoms with Crippen LogP contribution in [-0.2, 0) is 0 Å². The maximum Gasteiger partial charge on any atom is 0.159 e. The summed E-state index contributed by atoms with van der Waals surface area (Å²) in [6.07, 6.45) is 0. The minimum atomic E-state index is -0.814. The average Bonchev–Trinajstić information content (AvgIpc) is 2.68. The summed E-state index contributed by atoms with van der Waals surface area (Å²) in [6.45, 7) is 2.01. The average molecular weight is 303 g/mol. The van der Waals surface area contributed by atoms with E-state index in [1.54, 1.807) is 17.4 Å². The molecule has 1 aromatic heterocycles. The summed E-state index contributed by atoms with van der Waals surface area (Å²) in [5.41, 5.74) is 0.723. The Balaban J connectivity index is 2.33. The first-order chi connectivity index (χ1) is 7.58. The molecule has 0 spiro atoms. The zero-order valence-corrected chi connectivity index (χ0v) is 10.9. The van der Waals surface area contributed by atoms with Gasteiger partial charge in [-0.1, -0.05) is 22.0 Å². The molecule has 0 radical (unpaired) electrons. The molecule has 0 N–H and O–H groups in total. The normalized spacial score (nSPS) is 12.8. The van der Waals surface area contributed by atoms with Crippen LogP contribution in [0.5, 0.6) is 0 Å². The third-order valence-corrected chi connectivity index (χ3v) is 4.64. The first-order valence-electron chi connectivity index (χ1n) is 4.73. The third kappa shape index (κ3) is 2.33. The van der Waals surface area contributed by atoms with E-state index in [0.717, 1.165) is 16.5 Å². The maximum atomic E-state index is 13.1. The maximum absolute atomic E-state index is 13.1. The van der Waals surface area contributed by atoms with E-state index in [1.165, 1.54) is 10.9 Å². The van der Waals surface area contributed by atoms with Crippen molar-refractivity contribution in [2.45, 2.75) is 11.8 Å². The molecule has 0 aliphatic heterocycles. The first-order valence-corrected chi connectivity index (χ1v) is 6.46. The Morgan fingerprint density at radius 1 is 1.12 bits per heavy atom. The highest BCUT2D eigenvalue weighted by Crippen LogP contribution is 2.35. The van der Waals surface area contributed by atoms with E-state index in [9.17, 15) is 8.78 Å². The lowest BCUT2D eigenvalue weighted by atomic mass is 10.1. The molecule has 84 valence electrons. The Bertz CT molecular complexity index is 507. The number of hydrogen-bond donors (Lipinski definition) is 0. The first kappa shape index (κ1) is 11.7. The number of alkyl halides is 1. The molecule has 0 amide bonds. The van der Waals surface area contributed by atoms with E-state index >= 15 is 0 Å². The second-order valence-corrected chi connectivity index (χ2v) is 5.72. The Kier molecular flexibility index (Phi) is 3.40. The van der Waals surface area contributed by atoms with Gasteiger partial charge in [-0.3, -0.25) is 0 Å². The quantitative estimate of drug-likeness (QED) is 0.698. The zero-order valence-electron chi connectivity index (χ0n) is 8.51. The lowest BCUT2D eigenvalue weighted by Crippen LogP contribution is -1.92. The van der Waals surface area contributed by atoms with Crippen LogP contribution in [0.4, 0.5) is 8.78 Å². The molecular formula is C12H9BrF2S. The van der Waals surface area contributed by atoms with E-state index in [2.05, 4.69) is 15.9 Å². The van der Waals surface area contributed by atoms with Crippen molar-refractivity contribution in [2.75, 3.05) is 0 Å². The Morgan fingerprint density at radius 3 is 2.44 bits per heavy atom. The molecule has 4 heteroatoms. The van der Waals surface area contributed by atoms with E-state index in [0.29, 0.717) is 0 Å². The van der Waals surface area contributed by atoms with Crippen molar-refractivity contribution in [1.29, 1.82) is 0 Å².